The van der Waals surface area contributed by atoms with Crippen molar-refractivity contribution < 1.29 is 22.4 Å². The molecule has 0 saturated carbocycles. The summed E-state index contributed by atoms with van der Waals surface area (Å²) < 4.78 is 47.3. The first-order valence-electron chi connectivity index (χ1n) is 9.91. The van der Waals surface area contributed by atoms with Crippen LogP contribution < -0.4 is 4.90 Å². The van der Waals surface area contributed by atoms with Gasteiger partial charge in [0, 0.05) is 61.3 Å². The van der Waals surface area contributed by atoms with Crippen molar-refractivity contribution in [2.45, 2.75) is 6.18 Å². The first kappa shape index (κ1) is 20.7. The number of Topliss-reactive ketones (excluding diaryl/α,β-unsaturated/α-hetero) is 1. The monoisotopic (exact) mass is 461 g/mol. The number of nitrogens with zero attached hydrogens (tertiary/aromatic N) is 5. The SMILES string of the molecule is O=C(CN1CCN(c2nccs2)CC1)c1cn2cc(-c3ccoc3)cc(C(F)(F)F)c2n1. The van der Waals surface area contributed by atoms with Crippen LogP contribution in [0.2, 0.25) is 0 Å². The van der Waals surface area contributed by atoms with Gasteiger partial charge in [0.25, 0.3) is 0 Å². The average molecular weight is 461 g/mol. The molecule has 1 saturated heterocycles. The van der Waals surface area contributed by atoms with Gasteiger partial charge in [0.15, 0.2) is 10.9 Å². The van der Waals surface area contributed by atoms with Crippen molar-refractivity contribution in [1.29, 1.82) is 0 Å². The van der Waals surface area contributed by atoms with Gasteiger partial charge in [-0.05, 0) is 12.1 Å². The molecule has 0 amide bonds. The fourth-order valence-corrected chi connectivity index (χ4v) is 4.48. The van der Waals surface area contributed by atoms with Gasteiger partial charge in [-0.1, -0.05) is 0 Å². The number of thiazole rings is 1. The number of carbonyl (C=O) groups excluding carboxylic acids is 1. The third kappa shape index (κ3) is 4.00. The Hall–Kier alpha value is -3.18. The molecule has 1 aliphatic heterocycles. The van der Waals surface area contributed by atoms with Crippen LogP contribution in [0.25, 0.3) is 16.8 Å². The summed E-state index contributed by atoms with van der Waals surface area (Å²) in [5.74, 6) is -0.311. The van der Waals surface area contributed by atoms with E-state index in [0.717, 1.165) is 24.3 Å². The fraction of sp³-hybridized carbons (Fsp3) is 0.286. The van der Waals surface area contributed by atoms with Crippen LogP contribution in [0.1, 0.15) is 16.1 Å². The Balaban J connectivity index is 1.37. The molecule has 0 aliphatic carbocycles. The van der Waals surface area contributed by atoms with Crippen LogP contribution >= 0.6 is 11.3 Å². The lowest BCUT2D eigenvalue weighted by molar-refractivity contribution is -0.136. The van der Waals surface area contributed by atoms with Crippen molar-refractivity contribution in [3.63, 3.8) is 0 Å². The highest BCUT2D eigenvalue weighted by Crippen LogP contribution is 2.35. The second kappa shape index (κ2) is 8.06. The van der Waals surface area contributed by atoms with Gasteiger partial charge in [-0.15, -0.1) is 11.3 Å². The number of halogens is 3. The number of fused-ring (bicyclic) bond motifs is 1. The van der Waals surface area contributed by atoms with Gasteiger partial charge in [0.05, 0.1) is 24.6 Å². The molecule has 1 aliphatic rings. The lowest BCUT2D eigenvalue weighted by atomic mass is 10.1. The second-order valence-corrected chi connectivity index (χ2v) is 8.38. The number of ketones is 1. The molecule has 11 heteroatoms. The minimum Gasteiger partial charge on any atom is -0.472 e. The van der Waals surface area contributed by atoms with E-state index in [0.29, 0.717) is 24.2 Å². The highest BCUT2D eigenvalue weighted by molar-refractivity contribution is 7.13. The molecule has 32 heavy (non-hydrogen) atoms. The van der Waals surface area contributed by atoms with E-state index < -0.39 is 11.7 Å². The minimum atomic E-state index is -4.61. The van der Waals surface area contributed by atoms with Crippen LogP contribution in [-0.4, -0.2) is 57.8 Å². The fourth-order valence-electron chi connectivity index (χ4n) is 3.78. The number of anilines is 1. The Morgan fingerprint density at radius 1 is 1.16 bits per heavy atom. The lowest BCUT2D eigenvalue weighted by Crippen LogP contribution is -2.48. The zero-order valence-corrected chi connectivity index (χ0v) is 17.6. The van der Waals surface area contributed by atoms with Gasteiger partial charge < -0.3 is 13.7 Å². The van der Waals surface area contributed by atoms with Gasteiger partial charge >= 0.3 is 6.18 Å². The molecule has 0 atom stereocenters. The number of hydrogen-bond donors (Lipinski definition) is 0. The molecule has 0 spiro atoms. The molecular formula is C21H18F3N5O2S. The van der Waals surface area contributed by atoms with Gasteiger partial charge in [0.1, 0.15) is 11.3 Å². The molecule has 0 N–H and O–H groups in total. The molecule has 166 valence electrons. The number of pyridine rings is 1. The molecule has 5 heterocycles. The predicted molar refractivity (Wildman–Crippen MR) is 113 cm³/mol. The Morgan fingerprint density at radius 3 is 2.62 bits per heavy atom. The molecule has 4 aromatic heterocycles. The first-order chi connectivity index (χ1) is 15.4. The molecule has 0 bridgehead atoms. The normalized spacial score (nSPS) is 15.5. The Bertz CT molecular complexity index is 1230. The number of rotatable bonds is 5. The number of carbonyl (C=O) groups is 1. The maximum atomic E-state index is 13.7. The van der Waals surface area contributed by atoms with E-state index in [4.69, 9.17) is 4.42 Å². The van der Waals surface area contributed by atoms with Crippen molar-refractivity contribution in [3.8, 4) is 11.1 Å². The van der Waals surface area contributed by atoms with Crippen LogP contribution in [0.15, 0.2) is 53.0 Å². The summed E-state index contributed by atoms with van der Waals surface area (Å²) in [7, 11) is 0. The quantitative estimate of drug-likeness (QED) is 0.418. The van der Waals surface area contributed by atoms with Gasteiger partial charge in [-0.2, -0.15) is 13.2 Å². The highest BCUT2D eigenvalue weighted by atomic mass is 32.1. The summed E-state index contributed by atoms with van der Waals surface area (Å²) in [5, 5.41) is 2.87. The van der Waals surface area contributed by atoms with Crippen molar-refractivity contribution >= 4 is 27.9 Å². The summed E-state index contributed by atoms with van der Waals surface area (Å²) in [4.78, 5) is 25.3. The van der Waals surface area contributed by atoms with Crippen molar-refractivity contribution in [2.24, 2.45) is 0 Å². The van der Waals surface area contributed by atoms with Gasteiger partial charge in [0.2, 0.25) is 0 Å². The largest absolute Gasteiger partial charge is 0.472 e. The van der Waals surface area contributed by atoms with Gasteiger partial charge in [-0.3, -0.25) is 9.69 Å². The van der Waals surface area contributed by atoms with E-state index in [2.05, 4.69) is 14.9 Å². The summed E-state index contributed by atoms with van der Waals surface area (Å²) in [5.41, 5.74) is -0.332. The zero-order chi connectivity index (χ0) is 22.3. The molecule has 4 aromatic rings. The van der Waals surface area contributed by atoms with E-state index in [1.54, 1.807) is 23.6 Å². The van der Waals surface area contributed by atoms with E-state index in [-0.39, 0.29) is 23.7 Å². The number of aromatic nitrogens is 3. The summed E-state index contributed by atoms with van der Waals surface area (Å²) in [6.07, 6.45) is 2.79. The maximum absolute atomic E-state index is 13.7. The average Bonchev–Trinajstić information content (AvgIpc) is 3.54. The molecule has 5 rings (SSSR count). The molecule has 0 unspecified atom stereocenters. The molecule has 1 fully saturated rings. The maximum Gasteiger partial charge on any atom is 0.420 e. The Kier molecular flexibility index (Phi) is 5.22. The van der Waals surface area contributed by atoms with Crippen LogP contribution in [0.5, 0.6) is 0 Å². The third-order valence-corrected chi connectivity index (χ3v) is 6.26. The van der Waals surface area contributed by atoms with E-state index >= 15 is 0 Å². The second-order valence-electron chi connectivity index (χ2n) is 7.51. The van der Waals surface area contributed by atoms with Crippen LogP contribution in [0.3, 0.4) is 0 Å². The van der Waals surface area contributed by atoms with E-state index in [1.807, 2.05) is 10.3 Å². The number of furan rings is 1. The van der Waals surface area contributed by atoms with Crippen molar-refractivity contribution in [2.75, 3.05) is 37.6 Å². The lowest BCUT2D eigenvalue weighted by Gasteiger charge is -2.33. The number of imidazole rings is 1. The number of alkyl halides is 3. The first-order valence-corrected chi connectivity index (χ1v) is 10.8. The van der Waals surface area contributed by atoms with Crippen molar-refractivity contribution in [3.05, 3.63) is 59.9 Å². The number of piperazine rings is 1. The van der Waals surface area contributed by atoms with Crippen LogP contribution in [-0.2, 0) is 6.18 Å². The Labute approximate surface area is 184 Å². The van der Waals surface area contributed by atoms with E-state index in [1.165, 1.54) is 29.3 Å². The molecule has 0 aromatic carbocycles. The van der Waals surface area contributed by atoms with E-state index in [9.17, 15) is 18.0 Å². The molecule has 0 radical (unpaired) electrons. The van der Waals surface area contributed by atoms with Gasteiger partial charge in [-0.25, -0.2) is 9.97 Å². The van der Waals surface area contributed by atoms with Crippen LogP contribution in [0.4, 0.5) is 18.3 Å². The number of hydrogen-bond acceptors (Lipinski definition) is 7. The minimum absolute atomic E-state index is 0.0159. The zero-order valence-electron chi connectivity index (χ0n) is 16.7. The predicted octanol–water partition coefficient (Wildman–Crippen LogP) is 4.07. The summed E-state index contributed by atoms with van der Waals surface area (Å²) in [6.45, 7) is 2.90. The third-order valence-electron chi connectivity index (χ3n) is 5.43. The highest BCUT2D eigenvalue weighted by Gasteiger charge is 2.35. The Morgan fingerprint density at radius 2 is 1.97 bits per heavy atom. The smallest absolute Gasteiger partial charge is 0.420 e. The standard InChI is InChI=1S/C21H18F3N5O2S/c22-21(23,24)16-9-15(14-1-7-31-13-14)10-29-11-17(26-19(16)29)18(30)12-27-3-5-28(6-4-27)20-25-2-8-32-20/h1-2,7-11,13H,3-6,12H2. The summed E-state index contributed by atoms with van der Waals surface area (Å²) in [6, 6.07) is 2.61. The molecule has 7 nitrogen and oxygen atoms in total. The molecular weight excluding hydrogens is 443 g/mol. The van der Waals surface area contributed by atoms with Crippen LogP contribution in [0, 0.1) is 0 Å². The van der Waals surface area contributed by atoms with Crippen molar-refractivity contribution in [1.82, 2.24) is 19.3 Å². The summed E-state index contributed by atoms with van der Waals surface area (Å²) >= 11 is 1.57. The topological polar surface area (TPSA) is 66.9 Å².